The molecule has 6 heteroatoms. The standard InChI is InChI=1S/C17H13ClN2O3/c18-11-3-6-15-13(8-11)14(17(23)20-15)9-19-12-4-1-10(2-5-12)7-16(21)22/h1-6,8-9,14H,7H2,(H,20,23)(H,21,22). The van der Waals surface area contributed by atoms with Crippen LogP contribution in [-0.2, 0) is 16.0 Å². The molecule has 5 nitrogen and oxygen atoms in total. The number of aliphatic carboxylic acids is 1. The van der Waals surface area contributed by atoms with Crippen molar-refractivity contribution in [2.45, 2.75) is 12.3 Å². The summed E-state index contributed by atoms with van der Waals surface area (Å²) in [6.45, 7) is 0. The maximum atomic E-state index is 12.0. The predicted octanol–water partition coefficient (Wildman–Crippen LogP) is 3.41. The van der Waals surface area contributed by atoms with Gasteiger partial charge in [-0.05, 0) is 41.5 Å². The van der Waals surface area contributed by atoms with E-state index in [-0.39, 0.29) is 12.3 Å². The van der Waals surface area contributed by atoms with Gasteiger partial charge in [0.25, 0.3) is 0 Å². The molecule has 116 valence electrons. The SMILES string of the molecule is O=C(O)Cc1ccc(N=CC2C(=O)Nc3ccc(Cl)cc32)cc1. The van der Waals surface area contributed by atoms with Gasteiger partial charge in [0, 0.05) is 16.9 Å². The van der Waals surface area contributed by atoms with Crippen molar-refractivity contribution >= 4 is 41.1 Å². The number of carbonyl (C=O) groups excluding carboxylic acids is 1. The molecule has 0 fully saturated rings. The molecule has 2 N–H and O–H groups in total. The van der Waals surface area contributed by atoms with E-state index in [2.05, 4.69) is 10.3 Å². The number of carboxylic acid groups (broad SMARTS) is 1. The molecule has 1 unspecified atom stereocenters. The maximum Gasteiger partial charge on any atom is 0.307 e. The highest BCUT2D eigenvalue weighted by Crippen LogP contribution is 2.33. The van der Waals surface area contributed by atoms with Gasteiger partial charge in [0.15, 0.2) is 0 Å². The van der Waals surface area contributed by atoms with E-state index >= 15 is 0 Å². The van der Waals surface area contributed by atoms with E-state index < -0.39 is 11.9 Å². The summed E-state index contributed by atoms with van der Waals surface area (Å²) in [6.07, 6.45) is 1.55. The Kier molecular flexibility index (Phi) is 4.12. The molecule has 0 saturated heterocycles. The molecule has 1 heterocycles. The van der Waals surface area contributed by atoms with Crippen LogP contribution in [0.25, 0.3) is 0 Å². The van der Waals surface area contributed by atoms with E-state index in [1.165, 1.54) is 0 Å². The van der Waals surface area contributed by atoms with Crippen LogP contribution in [0.5, 0.6) is 0 Å². The monoisotopic (exact) mass is 328 g/mol. The van der Waals surface area contributed by atoms with Gasteiger partial charge in [-0.1, -0.05) is 23.7 Å². The van der Waals surface area contributed by atoms with Crippen LogP contribution in [0.1, 0.15) is 17.0 Å². The Morgan fingerprint density at radius 3 is 2.70 bits per heavy atom. The van der Waals surface area contributed by atoms with Gasteiger partial charge in [-0.15, -0.1) is 0 Å². The lowest BCUT2D eigenvalue weighted by atomic mass is 10.0. The molecule has 0 aromatic heterocycles. The molecule has 0 radical (unpaired) electrons. The molecule has 1 aliphatic heterocycles. The van der Waals surface area contributed by atoms with Crippen LogP contribution < -0.4 is 5.32 Å². The first-order valence-corrected chi connectivity index (χ1v) is 7.36. The Balaban J connectivity index is 1.79. The highest BCUT2D eigenvalue weighted by Gasteiger charge is 2.29. The van der Waals surface area contributed by atoms with Crippen LogP contribution in [0, 0.1) is 0 Å². The summed E-state index contributed by atoms with van der Waals surface area (Å²) < 4.78 is 0. The molecule has 0 saturated carbocycles. The fourth-order valence-corrected chi connectivity index (χ4v) is 2.62. The number of anilines is 1. The highest BCUT2D eigenvalue weighted by molar-refractivity contribution is 6.31. The Morgan fingerprint density at radius 1 is 1.26 bits per heavy atom. The maximum absolute atomic E-state index is 12.0. The molecule has 2 aromatic rings. The number of rotatable bonds is 4. The summed E-state index contributed by atoms with van der Waals surface area (Å²) in [7, 11) is 0. The third-order valence-electron chi connectivity index (χ3n) is 3.55. The minimum atomic E-state index is -0.877. The Labute approximate surface area is 137 Å². The number of hydrogen-bond acceptors (Lipinski definition) is 3. The molecule has 3 rings (SSSR count). The topological polar surface area (TPSA) is 78.8 Å². The predicted molar refractivity (Wildman–Crippen MR) is 88.8 cm³/mol. The van der Waals surface area contributed by atoms with E-state index in [4.69, 9.17) is 16.7 Å². The molecular formula is C17H13ClN2O3. The van der Waals surface area contributed by atoms with Gasteiger partial charge < -0.3 is 10.4 Å². The lowest BCUT2D eigenvalue weighted by molar-refractivity contribution is -0.136. The lowest BCUT2D eigenvalue weighted by Crippen LogP contribution is -2.12. The number of nitrogens with one attached hydrogen (secondary N) is 1. The van der Waals surface area contributed by atoms with Crippen LogP contribution in [-0.4, -0.2) is 23.2 Å². The van der Waals surface area contributed by atoms with Crippen LogP contribution in [0.3, 0.4) is 0 Å². The normalized spacial score (nSPS) is 16.4. The zero-order valence-corrected chi connectivity index (χ0v) is 12.7. The summed E-state index contributed by atoms with van der Waals surface area (Å²) in [4.78, 5) is 27.0. The van der Waals surface area contributed by atoms with Gasteiger partial charge in [-0.25, -0.2) is 0 Å². The van der Waals surface area contributed by atoms with Gasteiger partial charge in [0.2, 0.25) is 5.91 Å². The largest absolute Gasteiger partial charge is 0.481 e. The molecule has 0 aliphatic carbocycles. The molecule has 1 aliphatic rings. The first-order chi connectivity index (χ1) is 11.0. The third-order valence-corrected chi connectivity index (χ3v) is 3.79. The average molecular weight is 329 g/mol. The van der Waals surface area contributed by atoms with Crippen molar-refractivity contribution in [3.8, 4) is 0 Å². The molecule has 23 heavy (non-hydrogen) atoms. The van der Waals surface area contributed by atoms with Gasteiger partial charge in [-0.3, -0.25) is 14.6 Å². The first-order valence-electron chi connectivity index (χ1n) is 6.98. The molecule has 0 spiro atoms. The Bertz CT molecular complexity index is 800. The zero-order valence-electron chi connectivity index (χ0n) is 12.0. The molecule has 0 bridgehead atoms. The number of fused-ring (bicyclic) bond motifs is 1. The summed E-state index contributed by atoms with van der Waals surface area (Å²) in [5, 5.41) is 12.1. The summed E-state index contributed by atoms with van der Waals surface area (Å²) >= 11 is 5.98. The highest BCUT2D eigenvalue weighted by atomic mass is 35.5. The smallest absolute Gasteiger partial charge is 0.307 e. The minimum absolute atomic E-state index is 0.0269. The van der Waals surface area contributed by atoms with E-state index in [0.717, 1.165) is 11.3 Å². The van der Waals surface area contributed by atoms with E-state index in [1.54, 1.807) is 48.7 Å². The summed E-state index contributed by atoms with van der Waals surface area (Å²) in [5.41, 5.74) is 2.90. The van der Waals surface area contributed by atoms with Gasteiger partial charge >= 0.3 is 5.97 Å². The number of amides is 1. The molecule has 1 amide bonds. The Morgan fingerprint density at radius 2 is 2.00 bits per heavy atom. The number of carboxylic acids is 1. The average Bonchev–Trinajstić information content (AvgIpc) is 2.81. The van der Waals surface area contributed by atoms with Crippen molar-refractivity contribution in [2.75, 3.05) is 5.32 Å². The quantitative estimate of drug-likeness (QED) is 0.844. The minimum Gasteiger partial charge on any atom is -0.481 e. The summed E-state index contributed by atoms with van der Waals surface area (Å²) in [6, 6.07) is 12.1. The fraction of sp³-hybridized carbons (Fsp3) is 0.118. The molecule has 2 aromatic carbocycles. The van der Waals surface area contributed by atoms with Crippen molar-refractivity contribution in [3.05, 3.63) is 58.6 Å². The van der Waals surface area contributed by atoms with Crippen molar-refractivity contribution in [1.29, 1.82) is 0 Å². The van der Waals surface area contributed by atoms with Crippen molar-refractivity contribution < 1.29 is 14.7 Å². The zero-order chi connectivity index (χ0) is 16.4. The number of nitrogens with zero attached hydrogens (tertiary/aromatic N) is 1. The number of halogens is 1. The van der Waals surface area contributed by atoms with Gasteiger partial charge in [-0.2, -0.15) is 0 Å². The lowest BCUT2D eigenvalue weighted by Gasteiger charge is -2.03. The van der Waals surface area contributed by atoms with E-state index in [9.17, 15) is 9.59 Å². The number of aliphatic imine (C=N–C) groups is 1. The van der Waals surface area contributed by atoms with Crippen LogP contribution in [0.4, 0.5) is 11.4 Å². The van der Waals surface area contributed by atoms with Crippen molar-refractivity contribution in [2.24, 2.45) is 4.99 Å². The van der Waals surface area contributed by atoms with Crippen molar-refractivity contribution in [1.82, 2.24) is 0 Å². The second kappa shape index (κ2) is 6.22. The van der Waals surface area contributed by atoms with Crippen LogP contribution in [0.15, 0.2) is 47.5 Å². The number of carbonyl (C=O) groups is 2. The molecular weight excluding hydrogens is 316 g/mol. The summed E-state index contributed by atoms with van der Waals surface area (Å²) in [5.74, 6) is -1.51. The third kappa shape index (κ3) is 3.40. The number of hydrogen-bond donors (Lipinski definition) is 2. The number of benzene rings is 2. The van der Waals surface area contributed by atoms with Gasteiger partial charge in [0.1, 0.15) is 5.92 Å². The second-order valence-corrected chi connectivity index (χ2v) is 5.65. The molecule has 1 atom stereocenters. The van der Waals surface area contributed by atoms with Gasteiger partial charge in [0.05, 0.1) is 12.1 Å². The van der Waals surface area contributed by atoms with E-state index in [0.29, 0.717) is 16.3 Å². The van der Waals surface area contributed by atoms with E-state index in [1.807, 2.05) is 0 Å². The fourth-order valence-electron chi connectivity index (χ4n) is 2.44. The van der Waals surface area contributed by atoms with Crippen molar-refractivity contribution in [3.63, 3.8) is 0 Å². The first kappa shape index (κ1) is 15.2. The second-order valence-electron chi connectivity index (χ2n) is 5.21. The Hall–Kier alpha value is -2.66. The van der Waals surface area contributed by atoms with Crippen LogP contribution >= 0.6 is 11.6 Å². The van der Waals surface area contributed by atoms with Crippen LogP contribution in [0.2, 0.25) is 5.02 Å².